The molecule has 3 aromatic carbocycles. The lowest BCUT2D eigenvalue weighted by atomic mass is 9.90. The Bertz CT molecular complexity index is 1120. The minimum Gasteiger partial charge on any atom is -0.489 e. The van der Waals surface area contributed by atoms with Crippen LogP contribution in [-0.2, 0) is 13.0 Å². The van der Waals surface area contributed by atoms with Gasteiger partial charge in [-0.15, -0.1) is 0 Å². The van der Waals surface area contributed by atoms with E-state index >= 15 is 0 Å². The van der Waals surface area contributed by atoms with Crippen molar-refractivity contribution in [2.75, 3.05) is 31.1 Å². The average molecular weight is 499 g/mol. The van der Waals surface area contributed by atoms with Gasteiger partial charge in [0.15, 0.2) is 5.96 Å². The lowest BCUT2D eigenvalue weighted by Crippen LogP contribution is -2.51. The van der Waals surface area contributed by atoms with E-state index in [1.165, 1.54) is 11.1 Å². The normalized spacial score (nSPS) is 14.4. The fraction of sp³-hybridized carbons (Fsp3) is 0.406. The van der Waals surface area contributed by atoms with E-state index < -0.39 is 0 Å². The molecule has 1 aliphatic heterocycles. The van der Waals surface area contributed by atoms with Crippen LogP contribution in [0.2, 0.25) is 0 Å². The molecule has 196 valence electrons. The van der Waals surface area contributed by atoms with E-state index in [1.54, 1.807) is 0 Å². The van der Waals surface area contributed by atoms with E-state index in [9.17, 15) is 0 Å². The molecule has 0 atom stereocenters. The van der Waals surface area contributed by atoms with Crippen molar-refractivity contribution in [1.29, 1.82) is 5.41 Å². The van der Waals surface area contributed by atoms with Crippen LogP contribution < -0.4 is 15.4 Å². The summed E-state index contributed by atoms with van der Waals surface area (Å²) in [6.07, 6.45) is 3.34. The second-order valence-corrected chi connectivity index (χ2v) is 11.2. The number of hydrogen-bond acceptors (Lipinski definition) is 3. The maximum atomic E-state index is 9.16. The van der Waals surface area contributed by atoms with Crippen LogP contribution in [0, 0.1) is 23.7 Å². The number of anilines is 1. The average Bonchev–Trinajstić information content (AvgIpc) is 2.92. The summed E-state index contributed by atoms with van der Waals surface area (Å²) >= 11 is 0. The summed E-state index contributed by atoms with van der Waals surface area (Å²) in [7, 11) is 0. The van der Waals surface area contributed by atoms with Gasteiger partial charge in [-0.3, -0.25) is 5.41 Å². The molecule has 0 aromatic heterocycles. The lowest BCUT2D eigenvalue weighted by Gasteiger charge is -2.40. The minimum absolute atomic E-state index is 0.113. The van der Waals surface area contributed by atoms with Crippen LogP contribution in [0.5, 0.6) is 5.75 Å². The third-order valence-electron chi connectivity index (χ3n) is 7.35. The largest absolute Gasteiger partial charge is 0.489 e. The molecule has 1 fully saturated rings. The van der Waals surface area contributed by atoms with E-state index in [-0.39, 0.29) is 5.41 Å². The maximum absolute atomic E-state index is 9.16. The molecule has 4 rings (SSSR count). The van der Waals surface area contributed by atoms with E-state index in [1.807, 2.05) is 12.1 Å². The number of hydrogen-bond donors (Lipinski definition) is 2. The summed E-state index contributed by atoms with van der Waals surface area (Å²) in [6.45, 7) is 10.0. The minimum atomic E-state index is -0.113. The molecule has 0 unspecified atom stereocenters. The summed E-state index contributed by atoms with van der Waals surface area (Å²) in [5.41, 5.74) is 10.8. The molecule has 3 aromatic rings. The van der Waals surface area contributed by atoms with Gasteiger partial charge < -0.3 is 20.3 Å². The Morgan fingerprint density at radius 1 is 0.946 bits per heavy atom. The molecular formula is C32H42N4O. The van der Waals surface area contributed by atoms with Gasteiger partial charge in [0, 0.05) is 25.3 Å². The van der Waals surface area contributed by atoms with Crippen molar-refractivity contribution in [3.8, 4) is 5.75 Å². The zero-order valence-electron chi connectivity index (χ0n) is 22.6. The number of aryl methyl sites for hydroxylation is 1. The first-order valence-electron chi connectivity index (χ1n) is 13.5. The standard InChI is InChI=1S/C32H42N4O/c1-25-9-11-28(12-10-25)22-37-30-15-13-29(14-16-30)36(24-32(2,3)23-33)31(34)35-19-17-27(18-20-35)21-26-7-5-4-6-8-26/h4-16,27,34H,17-24,33H2,1-3H3. The van der Waals surface area contributed by atoms with Crippen molar-refractivity contribution in [2.24, 2.45) is 17.1 Å². The zero-order valence-corrected chi connectivity index (χ0v) is 22.6. The lowest BCUT2D eigenvalue weighted by molar-refractivity contribution is 0.258. The molecule has 0 radical (unpaired) electrons. The smallest absolute Gasteiger partial charge is 0.198 e. The van der Waals surface area contributed by atoms with Crippen LogP contribution >= 0.6 is 0 Å². The summed E-state index contributed by atoms with van der Waals surface area (Å²) < 4.78 is 6.02. The molecule has 0 bridgehead atoms. The number of ether oxygens (including phenoxy) is 1. The topological polar surface area (TPSA) is 65.6 Å². The van der Waals surface area contributed by atoms with Gasteiger partial charge in [0.05, 0.1) is 0 Å². The van der Waals surface area contributed by atoms with Gasteiger partial charge in [-0.05, 0) is 79.5 Å². The Balaban J connectivity index is 1.40. The number of rotatable bonds is 9. The molecule has 5 heteroatoms. The molecule has 1 aliphatic rings. The Kier molecular flexibility index (Phi) is 8.88. The highest BCUT2D eigenvalue weighted by molar-refractivity contribution is 5.94. The van der Waals surface area contributed by atoms with E-state index in [0.29, 0.717) is 31.6 Å². The number of likely N-dealkylation sites (tertiary alicyclic amines) is 1. The van der Waals surface area contributed by atoms with Crippen molar-refractivity contribution in [3.05, 3.63) is 95.6 Å². The van der Waals surface area contributed by atoms with E-state index in [2.05, 4.69) is 97.3 Å². The predicted molar refractivity (Wildman–Crippen MR) is 154 cm³/mol. The van der Waals surface area contributed by atoms with Gasteiger partial charge in [0.25, 0.3) is 0 Å². The Hall–Kier alpha value is -3.31. The number of piperidine rings is 1. The molecule has 5 nitrogen and oxygen atoms in total. The molecule has 37 heavy (non-hydrogen) atoms. The second kappa shape index (κ2) is 12.3. The number of nitrogens with two attached hydrogens (primary N) is 1. The van der Waals surface area contributed by atoms with Crippen LogP contribution in [0.3, 0.4) is 0 Å². The van der Waals surface area contributed by atoms with Crippen molar-refractivity contribution >= 4 is 11.6 Å². The zero-order chi connectivity index (χ0) is 26.3. The van der Waals surface area contributed by atoms with Crippen LogP contribution in [-0.4, -0.2) is 37.0 Å². The van der Waals surface area contributed by atoms with Crippen LogP contribution in [0.25, 0.3) is 0 Å². The first kappa shape index (κ1) is 26.7. The molecular weight excluding hydrogens is 456 g/mol. The highest BCUT2D eigenvalue weighted by Gasteiger charge is 2.28. The van der Waals surface area contributed by atoms with Crippen LogP contribution in [0.15, 0.2) is 78.9 Å². The Morgan fingerprint density at radius 3 is 2.22 bits per heavy atom. The molecule has 0 spiro atoms. The van der Waals surface area contributed by atoms with Crippen LogP contribution in [0.1, 0.15) is 43.4 Å². The number of nitrogens with one attached hydrogen (secondary N) is 1. The van der Waals surface area contributed by atoms with Gasteiger partial charge in [-0.2, -0.15) is 0 Å². The van der Waals surface area contributed by atoms with Gasteiger partial charge in [-0.25, -0.2) is 0 Å². The third kappa shape index (κ3) is 7.59. The number of nitrogens with zero attached hydrogens (tertiary/aromatic N) is 2. The SMILES string of the molecule is Cc1ccc(COc2ccc(N(CC(C)(C)CN)C(=N)N3CCC(Cc4ccccc4)CC3)cc2)cc1. The quantitative estimate of drug-likeness (QED) is 0.270. The monoisotopic (exact) mass is 498 g/mol. The second-order valence-electron chi connectivity index (χ2n) is 11.2. The fourth-order valence-electron chi connectivity index (χ4n) is 4.82. The molecule has 0 amide bonds. The first-order chi connectivity index (χ1) is 17.8. The van der Waals surface area contributed by atoms with Gasteiger partial charge in [0.2, 0.25) is 0 Å². The van der Waals surface area contributed by atoms with Gasteiger partial charge >= 0.3 is 0 Å². The van der Waals surface area contributed by atoms with Crippen LogP contribution in [0.4, 0.5) is 5.69 Å². The van der Waals surface area contributed by atoms with E-state index in [0.717, 1.165) is 49.4 Å². The van der Waals surface area contributed by atoms with E-state index in [4.69, 9.17) is 15.9 Å². The van der Waals surface area contributed by atoms with Crippen molar-refractivity contribution in [2.45, 2.75) is 46.6 Å². The molecule has 1 saturated heterocycles. The summed E-state index contributed by atoms with van der Waals surface area (Å²) in [5.74, 6) is 2.06. The van der Waals surface area contributed by atoms with Crippen molar-refractivity contribution in [3.63, 3.8) is 0 Å². The highest BCUT2D eigenvalue weighted by atomic mass is 16.5. The summed E-state index contributed by atoms with van der Waals surface area (Å²) in [6, 6.07) is 27.3. The van der Waals surface area contributed by atoms with Crippen molar-refractivity contribution < 1.29 is 4.74 Å². The van der Waals surface area contributed by atoms with Gasteiger partial charge in [0.1, 0.15) is 12.4 Å². The summed E-state index contributed by atoms with van der Waals surface area (Å²) in [4.78, 5) is 4.35. The highest BCUT2D eigenvalue weighted by Crippen LogP contribution is 2.28. The Labute approximate surface area is 222 Å². The predicted octanol–water partition coefficient (Wildman–Crippen LogP) is 6.25. The number of benzene rings is 3. The molecule has 0 saturated carbocycles. The Morgan fingerprint density at radius 2 is 1.59 bits per heavy atom. The number of guanidine groups is 1. The maximum Gasteiger partial charge on any atom is 0.198 e. The molecule has 3 N–H and O–H groups in total. The fourth-order valence-corrected chi connectivity index (χ4v) is 4.82. The molecule has 1 heterocycles. The van der Waals surface area contributed by atoms with Crippen molar-refractivity contribution in [1.82, 2.24) is 4.90 Å². The summed E-state index contributed by atoms with van der Waals surface area (Å²) in [5, 5.41) is 9.16. The first-order valence-corrected chi connectivity index (χ1v) is 13.5. The molecule has 0 aliphatic carbocycles. The van der Waals surface area contributed by atoms with Gasteiger partial charge in [-0.1, -0.05) is 74.0 Å². The third-order valence-corrected chi connectivity index (χ3v) is 7.35.